The Labute approximate surface area is 214 Å². The van der Waals surface area contributed by atoms with E-state index in [1.54, 1.807) is 18.3 Å². The average molecular weight is 496 g/mol. The number of esters is 2. The Balaban J connectivity index is 1.16. The molecule has 196 valence electrons. The van der Waals surface area contributed by atoms with E-state index in [0.717, 1.165) is 57.8 Å². The van der Waals surface area contributed by atoms with Gasteiger partial charge in [-0.1, -0.05) is 20.3 Å². The molecule has 0 aromatic carbocycles. The van der Waals surface area contributed by atoms with Crippen molar-refractivity contribution in [1.29, 1.82) is 0 Å². The number of aromatic nitrogens is 1. The number of unbranched alkanes of at least 4 members (excludes halogenated alkanes) is 1. The van der Waals surface area contributed by atoms with E-state index >= 15 is 0 Å². The molecule has 1 unspecified atom stereocenters. The van der Waals surface area contributed by atoms with Gasteiger partial charge < -0.3 is 9.47 Å². The van der Waals surface area contributed by atoms with Gasteiger partial charge in [-0.3, -0.25) is 14.6 Å². The summed E-state index contributed by atoms with van der Waals surface area (Å²) in [4.78, 5) is 42.4. The second-order valence-electron chi connectivity index (χ2n) is 12.9. The van der Waals surface area contributed by atoms with Crippen LogP contribution in [0.1, 0.15) is 102 Å². The average Bonchev–Trinajstić information content (AvgIpc) is 3.04. The van der Waals surface area contributed by atoms with Crippen molar-refractivity contribution in [2.45, 2.75) is 91.4 Å². The molecule has 6 heteroatoms. The van der Waals surface area contributed by atoms with Crippen LogP contribution in [0.2, 0.25) is 0 Å². The van der Waals surface area contributed by atoms with Crippen LogP contribution < -0.4 is 0 Å². The number of hydrogen-bond donors (Lipinski definition) is 0. The molecule has 6 nitrogen and oxygen atoms in total. The lowest BCUT2D eigenvalue weighted by molar-refractivity contribution is -0.188. The summed E-state index contributed by atoms with van der Waals surface area (Å²) in [5.41, 5.74) is 0.116. The van der Waals surface area contributed by atoms with Gasteiger partial charge in [-0.25, -0.2) is 4.79 Å². The van der Waals surface area contributed by atoms with E-state index in [9.17, 15) is 14.4 Å². The summed E-state index contributed by atoms with van der Waals surface area (Å²) in [6, 6.07) is 3.39. The van der Waals surface area contributed by atoms with E-state index in [1.807, 2.05) is 0 Å². The van der Waals surface area contributed by atoms with Crippen LogP contribution in [0, 0.1) is 33.5 Å². The van der Waals surface area contributed by atoms with E-state index < -0.39 is 5.41 Å². The predicted molar refractivity (Wildman–Crippen MR) is 135 cm³/mol. The minimum absolute atomic E-state index is 0.0649. The zero-order valence-corrected chi connectivity index (χ0v) is 22.1. The number of carbonyl (C=O) groups excluding carboxylic acids is 3. The van der Waals surface area contributed by atoms with Crippen LogP contribution in [0.4, 0.5) is 0 Å². The van der Waals surface area contributed by atoms with E-state index in [4.69, 9.17) is 9.47 Å². The van der Waals surface area contributed by atoms with Crippen molar-refractivity contribution in [2.75, 3.05) is 13.2 Å². The molecular formula is C30H41NO5. The molecule has 4 aliphatic carbocycles. The van der Waals surface area contributed by atoms with Gasteiger partial charge >= 0.3 is 11.9 Å². The maximum Gasteiger partial charge on any atom is 0.339 e. The van der Waals surface area contributed by atoms with Gasteiger partial charge in [-0.15, -0.1) is 0 Å². The van der Waals surface area contributed by atoms with E-state index in [-0.39, 0.29) is 28.2 Å². The highest BCUT2D eigenvalue weighted by Gasteiger charge is 2.68. The van der Waals surface area contributed by atoms with Crippen LogP contribution in [0.25, 0.3) is 0 Å². The minimum Gasteiger partial charge on any atom is -0.465 e. The quantitative estimate of drug-likeness (QED) is 0.344. The van der Waals surface area contributed by atoms with Crippen molar-refractivity contribution < 1.29 is 23.9 Å². The molecule has 0 saturated heterocycles. The number of Topliss-reactive ketones (excluding diaryl/α,β-unsaturated/α-hetero) is 1. The number of rotatable bonds is 7. The maximum absolute atomic E-state index is 13.5. The van der Waals surface area contributed by atoms with Crippen molar-refractivity contribution in [3.8, 4) is 0 Å². The summed E-state index contributed by atoms with van der Waals surface area (Å²) in [5.74, 6) is 0.879. The monoisotopic (exact) mass is 495 g/mol. The molecule has 5 rings (SSSR count). The molecule has 6 atom stereocenters. The van der Waals surface area contributed by atoms with Crippen LogP contribution in [-0.2, 0) is 19.1 Å². The van der Waals surface area contributed by atoms with Gasteiger partial charge in [0.05, 0.1) is 24.2 Å². The molecule has 4 aliphatic rings. The Bertz CT molecular complexity index is 1030. The third-order valence-corrected chi connectivity index (χ3v) is 10.7. The fraction of sp³-hybridized carbons (Fsp3) is 0.733. The molecule has 1 aromatic heterocycles. The Kier molecular flexibility index (Phi) is 6.53. The Morgan fingerprint density at radius 2 is 1.75 bits per heavy atom. The number of nitrogens with zero attached hydrogens (tertiary/aromatic N) is 1. The summed E-state index contributed by atoms with van der Waals surface area (Å²) in [6.45, 7) is 7.40. The largest absolute Gasteiger partial charge is 0.465 e. The van der Waals surface area contributed by atoms with Crippen molar-refractivity contribution in [3.63, 3.8) is 0 Å². The normalized spacial score (nSPS) is 39.1. The molecule has 4 fully saturated rings. The van der Waals surface area contributed by atoms with Gasteiger partial charge in [-0.05, 0) is 99.5 Å². The molecule has 0 amide bonds. The highest BCUT2D eigenvalue weighted by atomic mass is 16.5. The molecule has 1 aromatic rings. The lowest BCUT2D eigenvalue weighted by Gasteiger charge is -2.63. The first kappa shape index (κ1) is 25.4. The second-order valence-corrected chi connectivity index (χ2v) is 12.9. The van der Waals surface area contributed by atoms with Crippen LogP contribution in [-0.4, -0.2) is 35.9 Å². The van der Waals surface area contributed by atoms with Gasteiger partial charge in [0.25, 0.3) is 0 Å². The van der Waals surface area contributed by atoms with Crippen LogP contribution in [0.3, 0.4) is 0 Å². The van der Waals surface area contributed by atoms with Crippen molar-refractivity contribution in [3.05, 3.63) is 30.1 Å². The number of ketones is 1. The SMILES string of the molecule is C[C@@]12CC[C@@H]3C(CC[C@H]4[C@@]3(C)CCC[C@@]4(C)C(=O)OCCCCOC(=O)c3cccnc3)(CC1=O)C2. The molecule has 36 heavy (non-hydrogen) atoms. The number of ether oxygens (including phenoxy) is 2. The first-order valence-electron chi connectivity index (χ1n) is 13.9. The lowest BCUT2D eigenvalue weighted by atomic mass is 9.40. The Morgan fingerprint density at radius 3 is 2.50 bits per heavy atom. The smallest absolute Gasteiger partial charge is 0.339 e. The number of hydrogen-bond acceptors (Lipinski definition) is 6. The summed E-state index contributed by atoms with van der Waals surface area (Å²) in [6.07, 6.45) is 13.5. The van der Waals surface area contributed by atoms with Crippen molar-refractivity contribution in [1.82, 2.24) is 4.98 Å². The second kappa shape index (κ2) is 9.25. The highest BCUT2D eigenvalue weighted by Crippen LogP contribution is 2.73. The van der Waals surface area contributed by atoms with Gasteiger partial charge in [-0.2, -0.15) is 0 Å². The fourth-order valence-electron chi connectivity index (χ4n) is 9.01. The third-order valence-electron chi connectivity index (χ3n) is 10.7. The summed E-state index contributed by atoms with van der Waals surface area (Å²) < 4.78 is 11.2. The predicted octanol–water partition coefficient (Wildman–Crippen LogP) is 5.93. The minimum atomic E-state index is -0.468. The number of fused-ring (bicyclic) bond motifs is 3. The number of carbonyl (C=O) groups is 3. The molecule has 0 aliphatic heterocycles. The van der Waals surface area contributed by atoms with Crippen LogP contribution in [0.15, 0.2) is 24.5 Å². The Morgan fingerprint density at radius 1 is 1.00 bits per heavy atom. The molecular weight excluding hydrogens is 454 g/mol. The van der Waals surface area contributed by atoms with Gasteiger partial charge in [0.1, 0.15) is 5.78 Å². The van der Waals surface area contributed by atoms with E-state index in [2.05, 4.69) is 25.8 Å². The van der Waals surface area contributed by atoms with Crippen molar-refractivity contribution in [2.24, 2.45) is 33.5 Å². The summed E-state index contributed by atoms with van der Waals surface area (Å²) in [5, 5.41) is 0. The van der Waals surface area contributed by atoms with Gasteiger partial charge in [0, 0.05) is 24.2 Å². The lowest BCUT2D eigenvalue weighted by Crippen LogP contribution is -2.58. The maximum atomic E-state index is 13.5. The third kappa shape index (κ3) is 4.09. The zero-order chi connectivity index (χ0) is 25.6. The first-order chi connectivity index (χ1) is 17.1. The molecule has 1 spiro atoms. The van der Waals surface area contributed by atoms with Gasteiger partial charge in [0.15, 0.2) is 0 Å². The van der Waals surface area contributed by atoms with E-state index in [1.165, 1.54) is 6.20 Å². The van der Waals surface area contributed by atoms with Crippen molar-refractivity contribution >= 4 is 17.7 Å². The first-order valence-corrected chi connectivity index (χ1v) is 13.9. The zero-order valence-electron chi connectivity index (χ0n) is 22.1. The summed E-state index contributed by atoms with van der Waals surface area (Å²) in [7, 11) is 0. The molecule has 4 saturated carbocycles. The fourth-order valence-corrected chi connectivity index (χ4v) is 9.01. The molecule has 0 N–H and O–H groups in total. The number of pyridine rings is 1. The molecule has 1 heterocycles. The standard InChI is InChI=1S/C30H41NO5/c1-27-13-9-23-28(2)11-7-12-29(3,22(28)10-14-30(23,20-27)18-24(27)32)26(34)36-17-5-4-16-35-25(33)21-8-6-15-31-19-21/h6,8,15,19,22-23H,4-5,7,9-14,16-18,20H2,1-3H3/t22-,23-,27-,28+,29+,30?/m0/s1. The highest BCUT2D eigenvalue weighted by molar-refractivity contribution is 5.89. The topological polar surface area (TPSA) is 82.6 Å². The molecule has 2 bridgehead atoms. The van der Waals surface area contributed by atoms with Gasteiger partial charge in [0.2, 0.25) is 0 Å². The molecule has 0 radical (unpaired) electrons. The van der Waals surface area contributed by atoms with Crippen LogP contribution in [0.5, 0.6) is 0 Å². The van der Waals surface area contributed by atoms with Crippen LogP contribution >= 0.6 is 0 Å². The Hall–Kier alpha value is -2.24. The van der Waals surface area contributed by atoms with E-state index in [0.29, 0.717) is 49.2 Å². The summed E-state index contributed by atoms with van der Waals surface area (Å²) >= 11 is 0.